The molecule has 0 unspecified atom stereocenters. The Morgan fingerprint density at radius 1 is 1.59 bits per heavy atom. The Balaban J connectivity index is 2.48. The van der Waals surface area contributed by atoms with Gasteiger partial charge in [0.15, 0.2) is 5.75 Å². The van der Waals surface area contributed by atoms with Crippen molar-refractivity contribution in [3.63, 3.8) is 0 Å². The summed E-state index contributed by atoms with van der Waals surface area (Å²) in [4.78, 5) is 14.4. The molecule has 0 amide bonds. The fourth-order valence-electron chi connectivity index (χ4n) is 1.41. The van der Waals surface area contributed by atoms with E-state index in [1.165, 1.54) is 0 Å². The van der Waals surface area contributed by atoms with Crippen LogP contribution in [-0.2, 0) is 4.79 Å². The van der Waals surface area contributed by atoms with Crippen LogP contribution in [0.1, 0.15) is 6.92 Å². The van der Waals surface area contributed by atoms with Gasteiger partial charge in [-0.2, -0.15) is 0 Å². The molecule has 0 bridgehead atoms. The summed E-state index contributed by atoms with van der Waals surface area (Å²) in [6.45, 7) is 1.56. The van der Waals surface area contributed by atoms with Crippen molar-refractivity contribution in [2.75, 3.05) is 0 Å². The van der Waals surface area contributed by atoms with Gasteiger partial charge in [0.2, 0.25) is 0 Å². The molecule has 2 rings (SSSR count). The molecule has 4 nitrogen and oxygen atoms in total. The molecule has 6 heteroatoms. The number of hydrogen-bond acceptors (Lipinski definition) is 3. The molecule has 17 heavy (non-hydrogen) atoms. The first kappa shape index (κ1) is 12.4. The van der Waals surface area contributed by atoms with Gasteiger partial charge in [0, 0.05) is 10.7 Å². The van der Waals surface area contributed by atoms with E-state index in [2.05, 4.69) is 20.9 Å². The van der Waals surface area contributed by atoms with Crippen molar-refractivity contribution in [3.05, 3.63) is 27.8 Å². The van der Waals surface area contributed by atoms with E-state index in [0.29, 0.717) is 16.2 Å². The van der Waals surface area contributed by atoms with Crippen LogP contribution < -0.4 is 10.5 Å². The van der Waals surface area contributed by atoms with Crippen molar-refractivity contribution in [2.45, 2.75) is 13.0 Å². The van der Waals surface area contributed by atoms with Crippen molar-refractivity contribution < 1.29 is 9.53 Å². The van der Waals surface area contributed by atoms with Crippen LogP contribution in [0.5, 0.6) is 5.75 Å². The number of carbonyl (C=O) groups excluding carboxylic acids is 1. The number of ether oxygens (including phenoxy) is 1. The van der Waals surface area contributed by atoms with Gasteiger partial charge >= 0.3 is 5.97 Å². The summed E-state index contributed by atoms with van der Waals surface area (Å²) in [5, 5.41) is 1.16. The molecule has 3 N–H and O–H groups in total. The molecule has 1 aromatic carbocycles. The maximum Gasteiger partial charge on any atom is 0.328 e. The Kier molecular flexibility index (Phi) is 3.42. The third-order valence-electron chi connectivity index (χ3n) is 2.28. The topological polar surface area (TPSA) is 68.1 Å². The lowest BCUT2D eigenvalue weighted by atomic mass is 10.2. The first-order valence-electron chi connectivity index (χ1n) is 4.93. The van der Waals surface area contributed by atoms with E-state index < -0.39 is 12.0 Å². The number of H-pyrrole nitrogens is 1. The van der Waals surface area contributed by atoms with Crippen LogP contribution in [0.3, 0.4) is 0 Å². The van der Waals surface area contributed by atoms with Crippen LogP contribution >= 0.6 is 27.5 Å². The predicted octanol–water partition coefficient (Wildman–Crippen LogP) is 2.84. The normalized spacial score (nSPS) is 12.7. The van der Waals surface area contributed by atoms with Crippen LogP contribution in [-0.4, -0.2) is 17.0 Å². The molecule has 1 heterocycles. The quantitative estimate of drug-likeness (QED) is 0.837. The third-order valence-corrected chi connectivity index (χ3v) is 3.56. The van der Waals surface area contributed by atoms with Gasteiger partial charge in [-0.15, -0.1) is 0 Å². The molecular formula is C11H10BrClN2O2. The maximum absolute atomic E-state index is 11.4. The highest BCUT2D eigenvalue weighted by atomic mass is 79.9. The minimum atomic E-state index is -0.675. The standard InChI is InChI=1S/C11H10BrClN2O2/c1-5(14)11(16)17-8-4-15-7-3-2-6(12)10(13)9(7)8/h2-5,15H,14H2,1H3/t5-/m0/s1. The van der Waals surface area contributed by atoms with Gasteiger partial charge in [0.1, 0.15) is 6.04 Å². The Morgan fingerprint density at radius 3 is 2.94 bits per heavy atom. The number of carbonyl (C=O) groups is 1. The molecule has 1 atom stereocenters. The molecular weight excluding hydrogens is 307 g/mol. The van der Waals surface area contributed by atoms with Crippen LogP contribution in [0, 0.1) is 0 Å². The van der Waals surface area contributed by atoms with Gasteiger partial charge in [0.05, 0.1) is 15.9 Å². The number of fused-ring (bicyclic) bond motifs is 1. The Morgan fingerprint density at radius 2 is 2.29 bits per heavy atom. The number of nitrogens with two attached hydrogens (primary N) is 1. The highest BCUT2D eigenvalue weighted by Gasteiger charge is 2.16. The van der Waals surface area contributed by atoms with Crippen molar-refractivity contribution in [3.8, 4) is 5.75 Å². The van der Waals surface area contributed by atoms with Gasteiger partial charge in [-0.3, -0.25) is 0 Å². The second kappa shape index (κ2) is 4.68. The molecule has 1 aromatic heterocycles. The molecule has 0 radical (unpaired) electrons. The number of aromatic nitrogens is 1. The van der Waals surface area contributed by atoms with Crippen molar-refractivity contribution in [1.29, 1.82) is 0 Å². The number of hydrogen-bond donors (Lipinski definition) is 2. The number of benzene rings is 1. The zero-order valence-corrected chi connectivity index (χ0v) is 11.3. The summed E-state index contributed by atoms with van der Waals surface area (Å²) in [5.41, 5.74) is 6.23. The summed E-state index contributed by atoms with van der Waals surface area (Å²) in [6, 6.07) is 2.98. The zero-order valence-electron chi connectivity index (χ0n) is 8.96. The lowest BCUT2D eigenvalue weighted by Gasteiger charge is -2.06. The maximum atomic E-state index is 11.4. The van der Waals surface area contributed by atoms with Crippen molar-refractivity contribution in [2.24, 2.45) is 5.73 Å². The molecule has 0 saturated heterocycles. The largest absolute Gasteiger partial charge is 0.423 e. The first-order chi connectivity index (χ1) is 8.00. The molecule has 0 aliphatic heterocycles. The van der Waals surface area contributed by atoms with E-state index in [9.17, 15) is 4.79 Å². The van der Waals surface area contributed by atoms with Crippen molar-refractivity contribution >= 4 is 44.4 Å². The van der Waals surface area contributed by atoms with Crippen LogP contribution in [0.25, 0.3) is 10.9 Å². The number of nitrogens with one attached hydrogen (secondary N) is 1. The van der Waals surface area contributed by atoms with E-state index in [0.717, 1.165) is 9.99 Å². The van der Waals surface area contributed by atoms with E-state index in [1.807, 2.05) is 12.1 Å². The number of aromatic amines is 1. The summed E-state index contributed by atoms with van der Waals surface area (Å²) in [7, 11) is 0. The lowest BCUT2D eigenvalue weighted by molar-refractivity contribution is -0.135. The second-order valence-electron chi connectivity index (χ2n) is 3.65. The first-order valence-corrected chi connectivity index (χ1v) is 6.10. The monoisotopic (exact) mass is 316 g/mol. The number of rotatable bonds is 2. The van der Waals surface area contributed by atoms with Crippen LogP contribution in [0.4, 0.5) is 0 Å². The van der Waals surface area contributed by atoms with Gasteiger partial charge in [-0.25, -0.2) is 4.79 Å². The minimum absolute atomic E-state index is 0.383. The molecule has 90 valence electrons. The number of halogens is 2. The summed E-state index contributed by atoms with van der Waals surface area (Å²) >= 11 is 9.47. The molecule has 2 aromatic rings. The van der Waals surface area contributed by atoms with Gasteiger partial charge in [-0.05, 0) is 35.0 Å². The van der Waals surface area contributed by atoms with Gasteiger partial charge in [0.25, 0.3) is 0 Å². The Bertz CT molecular complexity index is 580. The lowest BCUT2D eigenvalue weighted by Crippen LogP contribution is -2.30. The summed E-state index contributed by atoms with van der Waals surface area (Å²) in [5.74, 6) is -0.115. The summed E-state index contributed by atoms with van der Waals surface area (Å²) in [6.07, 6.45) is 1.59. The zero-order chi connectivity index (χ0) is 12.6. The fourth-order valence-corrected chi connectivity index (χ4v) is 2.00. The smallest absolute Gasteiger partial charge is 0.328 e. The molecule has 0 spiro atoms. The Labute approximate surface area is 111 Å². The van der Waals surface area contributed by atoms with Crippen LogP contribution in [0.15, 0.2) is 22.8 Å². The highest BCUT2D eigenvalue weighted by molar-refractivity contribution is 9.10. The summed E-state index contributed by atoms with van der Waals surface area (Å²) < 4.78 is 5.90. The van der Waals surface area contributed by atoms with Gasteiger partial charge < -0.3 is 15.5 Å². The predicted molar refractivity (Wildman–Crippen MR) is 70.3 cm³/mol. The minimum Gasteiger partial charge on any atom is -0.423 e. The van der Waals surface area contributed by atoms with Crippen molar-refractivity contribution in [1.82, 2.24) is 4.98 Å². The van der Waals surface area contributed by atoms with E-state index in [1.54, 1.807) is 13.1 Å². The Hall–Kier alpha value is -1.04. The van der Waals surface area contributed by atoms with E-state index in [4.69, 9.17) is 22.1 Å². The average molecular weight is 318 g/mol. The van der Waals surface area contributed by atoms with Gasteiger partial charge in [-0.1, -0.05) is 11.6 Å². The fraction of sp³-hybridized carbons (Fsp3) is 0.182. The van der Waals surface area contributed by atoms with E-state index in [-0.39, 0.29) is 0 Å². The number of esters is 1. The molecule has 0 aliphatic rings. The second-order valence-corrected chi connectivity index (χ2v) is 4.88. The molecule has 0 aliphatic carbocycles. The molecule has 0 fully saturated rings. The SMILES string of the molecule is C[C@H](N)C(=O)Oc1c[nH]c2ccc(Br)c(Cl)c12. The third kappa shape index (κ3) is 2.31. The average Bonchev–Trinajstić information content (AvgIpc) is 2.67. The highest BCUT2D eigenvalue weighted by Crippen LogP contribution is 2.36. The molecule has 0 saturated carbocycles. The van der Waals surface area contributed by atoms with E-state index >= 15 is 0 Å². The van der Waals surface area contributed by atoms with Crippen LogP contribution in [0.2, 0.25) is 5.02 Å².